The zero-order valence-corrected chi connectivity index (χ0v) is 25.8. The number of benzene rings is 6. The molecule has 6 aromatic rings. The van der Waals surface area contributed by atoms with Crippen molar-refractivity contribution in [2.24, 2.45) is 0 Å². The Morgan fingerprint density at radius 2 is 0.522 bits per heavy atom. The minimum Gasteiger partial charge on any atom is -0.547 e. The van der Waals surface area contributed by atoms with Gasteiger partial charge in [0.05, 0.1) is 16.7 Å². The third-order valence-electron chi connectivity index (χ3n) is 7.29. The van der Waals surface area contributed by atoms with Gasteiger partial charge in [-0.2, -0.15) is 0 Å². The van der Waals surface area contributed by atoms with Crippen LogP contribution in [0.15, 0.2) is 164 Å². The summed E-state index contributed by atoms with van der Waals surface area (Å²) >= 11 is -3.68. The molecule has 0 radical (unpaired) electrons. The van der Waals surface area contributed by atoms with E-state index >= 15 is 0 Å². The lowest BCUT2D eigenvalue weighted by Crippen LogP contribution is -2.35. The van der Waals surface area contributed by atoms with Crippen molar-refractivity contribution in [2.45, 2.75) is 0 Å². The molecule has 6 aromatic carbocycles. The molecule has 0 bridgehead atoms. The van der Waals surface area contributed by atoms with Crippen LogP contribution in [0.5, 0.6) is 0 Å². The second kappa shape index (κ2) is 14.4. The Kier molecular flexibility index (Phi) is 9.46. The second-order valence-corrected chi connectivity index (χ2v) is 11.6. The summed E-state index contributed by atoms with van der Waals surface area (Å²) < 4.78 is 16.7. The van der Waals surface area contributed by atoms with Gasteiger partial charge >= 0.3 is 33.1 Å². The fraction of sp³-hybridized carbons (Fsp3) is 0. The molecule has 222 valence electrons. The molecule has 0 atom stereocenters. The molecule has 0 saturated carbocycles. The Morgan fingerprint density at radius 1 is 0.304 bits per heavy atom. The van der Waals surface area contributed by atoms with Crippen molar-refractivity contribution in [3.63, 3.8) is 0 Å². The quantitative estimate of drug-likeness (QED) is 0.151. The summed E-state index contributed by atoms with van der Waals surface area (Å²) in [4.78, 5) is 39.5. The first-order valence-electron chi connectivity index (χ1n) is 14.6. The van der Waals surface area contributed by atoms with E-state index in [0.717, 1.165) is 33.4 Å². The average Bonchev–Trinajstić information content (AvgIpc) is 3.13. The van der Waals surface area contributed by atoms with Crippen LogP contribution in [0.2, 0.25) is 0 Å². The van der Waals surface area contributed by atoms with Gasteiger partial charge in [0, 0.05) is 0 Å². The van der Waals surface area contributed by atoms with Gasteiger partial charge in [-0.25, -0.2) is 14.4 Å². The summed E-state index contributed by atoms with van der Waals surface area (Å²) in [5.74, 6) is -2.30. The summed E-state index contributed by atoms with van der Waals surface area (Å²) in [6.07, 6.45) is 0. The van der Waals surface area contributed by atoms with Crippen LogP contribution >= 0.6 is 0 Å². The maximum absolute atomic E-state index is 13.2. The highest BCUT2D eigenvalue weighted by Gasteiger charge is 2.49. The molecular weight excluding hydrogens is 591 g/mol. The first kappa shape index (κ1) is 30.3. The summed E-state index contributed by atoms with van der Waals surface area (Å²) in [5.41, 5.74) is 6.42. The van der Waals surface area contributed by atoms with E-state index in [1.807, 2.05) is 91.0 Å². The van der Waals surface area contributed by atoms with Crippen LogP contribution in [0.4, 0.5) is 0 Å². The summed E-state index contributed by atoms with van der Waals surface area (Å²) in [6, 6.07) is 49.6. The summed E-state index contributed by atoms with van der Waals surface area (Å²) in [6.45, 7) is 0. The van der Waals surface area contributed by atoms with E-state index in [1.54, 1.807) is 72.8 Å². The van der Waals surface area contributed by atoms with Crippen molar-refractivity contribution in [3.05, 3.63) is 180 Å². The first-order valence-corrected chi connectivity index (χ1v) is 16.0. The molecule has 0 N–H and O–H groups in total. The van der Waals surface area contributed by atoms with E-state index in [4.69, 9.17) is 11.4 Å². The highest BCUT2D eigenvalue weighted by molar-refractivity contribution is 6.45. The lowest BCUT2D eigenvalue weighted by molar-refractivity contribution is 0.0410. The Bertz CT molecular complexity index is 1690. The van der Waals surface area contributed by atoms with Crippen molar-refractivity contribution in [1.82, 2.24) is 0 Å². The molecule has 0 fully saturated rings. The smallest absolute Gasteiger partial charge is 0.547 e. The minimum absolute atomic E-state index is 0.226. The Balaban J connectivity index is 1.19. The number of hydrogen-bond acceptors (Lipinski definition) is 6. The molecule has 6 nitrogen and oxygen atoms in total. The lowest BCUT2D eigenvalue weighted by Gasteiger charge is -2.14. The monoisotopic (exact) mass is 618 g/mol. The van der Waals surface area contributed by atoms with Crippen molar-refractivity contribution in [2.75, 3.05) is 0 Å². The van der Waals surface area contributed by atoms with Gasteiger partial charge in [-0.05, 0) is 69.8 Å². The average molecular weight is 619 g/mol. The molecule has 7 heteroatoms. The summed E-state index contributed by atoms with van der Waals surface area (Å²) in [7, 11) is 0. The van der Waals surface area contributed by atoms with Crippen LogP contribution in [-0.4, -0.2) is 33.1 Å². The predicted molar refractivity (Wildman–Crippen MR) is 178 cm³/mol. The number of carbonyl (C=O) groups excluding carboxylic acids is 3. The first-order chi connectivity index (χ1) is 22.5. The molecule has 0 amide bonds. The maximum Gasteiger partial charge on any atom is 1.20 e. The van der Waals surface area contributed by atoms with Gasteiger partial charge in [-0.15, -0.1) is 0 Å². The van der Waals surface area contributed by atoms with Crippen LogP contribution in [0.3, 0.4) is 0 Å². The van der Waals surface area contributed by atoms with Crippen molar-refractivity contribution >= 4 is 33.1 Å². The zero-order chi connectivity index (χ0) is 31.7. The molecule has 0 heterocycles. The van der Waals surface area contributed by atoms with Gasteiger partial charge in [0.2, 0.25) is 0 Å². The van der Waals surface area contributed by atoms with Crippen LogP contribution in [0.25, 0.3) is 33.4 Å². The molecule has 0 aromatic heterocycles. The van der Waals surface area contributed by atoms with Crippen molar-refractivity contribution in [1.29, 1.82) is 0 Å². The molecule has 0 aliphatic carbocycles. The molecule has 0 aliphatic heterocycles. The highest BCUT2D eigenvalue weighted by Crippen LogP contribution is 2.23. The van der Waals surface area contributed by atoms with Crippen LogP contribution in [-0.2, 0) is 11.4 Å². The molecule has 6 rings (SSSR count). The standard InChI is InChI=1S/3C13H10O2.Al/c3*14-13(15)12-8-6-11(7-9-12)10-4-2-1-3-5-10;/h3*1-9H,(H,14,15);/q;;;+3/p-3. The third kappa shape index (κ3) is 7.48. The van der Waals surface area contributed by atoms with Crippen molar-refractivity contribution in [3.8, 4) is 33.4 Å². The van der Waals surface area contributed by atoms with E-state index in [-0.39, 0.29) is 16.7 Å². The van der Waals surface area contributed by atoms with E-state index in [0.29, 0.717) is 0 Å². The Labute approximate surface area is 271 Å². The molecule has 0 aliphatic rings. The zero-order valence-electron chi connectivity index (χ0n) is 24.6. The molecule has 0 saturated heterocycles. The van der Waals surface area contributed by atoms with E-state index in [2.05, 4.69) is 0 Å². The van der Waals surface area contributed by atoms with Gasteiger partial charge in [0.1, 0.15) is 0 Å². The number of carbonyl (C=O) groups is 3. The Morgan fingerprint density at radius 3 is 0.761 bits per heavy atom. The van der Waals surface area contributed by atoms with E-state index < -0.39 is 33.1 Å². The lowest BCUT2D eigenvalue weighted by atomic mass is 10.0. The molecular formula is C39H27AlO6. The number of rotatable bonds is 9. The topological polar surface area (TPSA) is 78.9 Å². The Hall–Kier alpha value is -5.74. The fourth-order valence-electron chi connectivity index (χ4n) is 4.83. The van der Waals surface area contributed by atoms with Crippen LogP contribution < -0.4 is 0 Å². The van der Waals surface area contributed by atoms with E-state index in [9.17, 15) is 14.4 Å². The molecule has 0 unspecified atom stereocenters. The predicted octanol–water partition coefficient (Wildman–Crippen LogP) is 8.54. The van der Waals surface area contributed by atoms with Gasteiger partial charge in [0.25, 0.3) is 0 Å². The second-order valence-electron chi connectivity index (χ2n) is 10.3. The van der Waals surface area contributed by atoms with Gasteiger partial charge < -0.3 is 11.4 Å². The summed E-state index contributed by atoms with van der Waals surface area (Å²) in [5, 5.41) is 0. The highest BCUT2D eigenvalue weighted by atomic mass is 27.3. The van der Waals surface area contributed by atoms with E-state index in [1.165, 1.54) is 0 Å². The largest absolute Gasteiger partial charge is 1.20 e. The van der Waals surface area contributed by atoms with Gasteiger partial charge in [-0.3, -0.25) is 0 Å². The van der Waals surface area contributed by atoms with Crippen LogP contribution in [0.1, 0.15) is 31.1 Å². The SMILES string of the molecule is O=C([O][Al]([O]C(=O)c1ccc(-c2ccccc2)cc1)[O]C(=O)c1ccc(-c2ccccc2)cc1)c1ccc(-c2ccccc2)cc1. The fourth-order valence-corrected chi connectivity index (χ4v) is 5.90. The molecule has 0 spiro atoms. The van der Waals surface area contributed by atoms with Crippen LogP contribution in [0, 0.1) is 0 Å². The van der Waals surface area contributed by atoms with Gasteiger partial charge in [0.15, 0.2) is 0 Å². The van der Waals surface area contributed by atoms with Gasteiger partial charge in [-0.1, -0.05) is 127 Å². The third-order valence-corrected chi connectivity index (χ3v) is 8.51. The molecule has 46 heavy (non-hydrogen) atoms. The maximum atomic E-state index is 13.2. The number of hydrogen-bond donors (Lipinski definition) is 0. The minimum atomic E-state index is -3.68. The normalized spacial score (nSPS) is 10.4. The van der Waals surface area contributed by atoms with Crippen molar-refractivity contribution < 1.29 is 25.7 Å².